The molecule has 2 nitrogen and oxygen atoms in total. The minimum atomic E-state index is -0.233. The van der Waals surface area contributed by atoms with E-state index >= 15 is 0 Å². The van der Waals surface area contributed by atoms with Crippen molar-refractivity contribution in [3.05, 3.63) is 29.3 Å². The summed E-state index contributed by atoms with van der Waals surface area (Å²) in [6.45, 7) is 6.60. The Morgan fingerprint density at radius 3 is 2.76 bits per heavy atom. The third kappa shape index (κ3) is 2.19. The van der Waals surface area contributed by atoms with E-state index in [4.69, 9.17) is 5.73 Å². The average Bonchev–Trinajstić information content (AvgIpc) is 2.98. The van der Waals surface area contributed by atoms with Crippen LogP contribution in [0.5, 0.6) is 0 Å². The summed E-state index contributed by atoms with van der Waals surface area (Å²) in [7, 11) is 0. The second-order valence-electron chi connectivity index (χ2n) is 6.20. The fourth-order valence-electron chi connectivity index (χ4n) is 2.65. The normalized spacial score (nSPS) is 19.6. The molecule has 0 spiro atoms. The van der Waals surface area contributed by atoms with Crippen molar-refractivity contribution in [1.82, 2.24) is 0 Å². The van der Waals surface area contributed by atoms with Crippen LogP contribution in [0.4, 0.5) is 5.69 Å². The molecule has 17 heavy (non-hydrogen) atoms. The third-order valence-corrected chi connectivity index (χ3v) is 4.00. The van der Waals surface area contributed by atoms with E-state index in [-0.39, 0.29) is 5.54 Å². The van der Waals surface area contributed by atoms with Crippen LogP contribution in [0.2, 0.25) is 0 Å². The van der Waals surface area contributed by atoms with Gasteiger partial charge in [-0.25, -0.2) is 0 Å². The lowest BCUT2D eigenvalue weighted by Gasteiger charge is -2.23. The summed E-state index contributed by atoms with van der Waals surface area (Å²) in [6.07, 6.45) is 4.05. The van der Waals surface area contributed by atoms with Gasteiger partial charge in [-0.2, -0.15) is 0 Å². The van der Waals surface area contributed by atoms with E-state index in [1.807, 2.05) is 0 Å². The molecule has 0 unspecified atom stereocenters. The lowest BCUT2D eigenvalue weighted by Crippen LogP contribution is -2.29. The van der Waals surface area contributed by atoms with Crippen LogP contribution < -0.4 is 10.6 Å². The largest absolute Gasteiger partial charge is 0.371 e. The zero-order valence-corrected chi connectivity index (χ0v) is 10.9. The standard InChI is InChI=1S/C15H22N2/c1-15(2,16)13-6-5-12-7-8-17(14(12)9-13)10-11-3-4-11/h5-6,9,11H,3-4,7-8,10,16H2,1-2H3. The van der Waals surface area contributed by atoms with Crippen molar-refractivity contribution in [3.8, 4) is 0 Å². The highest BCUT2D eigenvalue weighted by Crippen LogP contribution is 2.36. The van der Waals surface area contributed by atoms with Crippen molar-refractivity contribution in [2.75, 3.05) is 18.0 Å². The van der Waals surface area contributed by atoms with Gasteiger partial charge in [0.1, 0.15) is 0 Å². The molecule has 0 radical (unpaired) electrons. The van der Waals surface area contributed by atoms with Crippen molar-refractivity contribution in [2.45, 2.75) is 38.6 Å². The van der Waals surface area contributed by atoms with E-state index < -0.39 is 0 Å². The first-order valence-electron chi connectivity index (χ1n) is 6.71. The number of anilines is 1. The molecule has 1 aromatic rings. The number of rotatable bonds is 3. The second kappa shape index (κ2) is 3.74. The highest BCUT2D eigenvalue weighted by atomic mass is 15.2. The van der Waals surface area contributed by atoms with Gasteiger partial charge < -0.3 is 10.6 Å². The average molecular weight is 230 g/mol. The van der Waals surface area contributed by atoms with Crippen molar-refractivity contribution in [3.63, 3.8) is 0 Å². The van der Waals surface area contributed by atoms with E-state index in [9.17, 15) is 0 Å². The van der Waals surface area contributed by atoms with Gasteiger partial charge in [0, 0.05) is 24.3 Å². The predicted octanol–water partition coefficient (Wildman–Crippen LogP) is 2.65. The van der Waals surface area contributed by atoms with Gasteiger partial charge in [-0.1, -0.05) is 12.1 Å². The first-order valence-corrected chi connectivity index (χ1v) is 6.71. The maximum absolute atomic E-state index is 6.19. The van der Waals surface area contributed by atoms with Crippen molar-refractivity contribution < 1.29 is 0 Å². The van der Waals surface area contributed by atoms with Crippen LogP contribution in [0.15, 0.2) is 18.2 Å². The lowest BCUT2D eigenvalue weighted by atomic mass is 9.94. The summed E-state index contributed by atoms with van der Waals surface area (Å²) in [5, 5.41) is 0. The Bertz CT molecular complexity index is 427. The summed E-state index contributed by atoms with van der Waals surface area (Å²) in [4.78, 5) is 2.56. The fourth-order valence-corrected chi connectivity index (χ4v) is 2.65. The van der Waals surface area contributed by atoms with Crippen LogP contribution >= 0.6 is 0 Å². The Hall–Kier alpha value is -1.02. The second-order valence-corrected chi connectivity index (χ2v) is 6.20. The predicted molar refractivity (Wildman–Crippen MR) is 72.3 cm³/mol. The molecule has 0 aromatic heterocycles. The highest BCUT2D eigenvalue weighted by Gasteiger charge is 2.28. The number of hydrogen-bond acceptors (Lipinski definition) is 2. The molecule has 2 heteroatoms. The first-order chi connectivity index (χ1) is 8.04. The van der Waals surface area contributed by atoms with E-state index in [1.54, 1.807) is 0 Å². The third-order valence-electron chi connectivity index (χ3n) is 4.00. The maximum Gasteiger partial charge on any atom is 0.0403 e. The smallest absolute Gasteiger partial charge is 0.0403 e. The number of fused-ring (bicyclic) bond motifs is 1. The zero-order valence-electron chi connectivity index (χ0n) is 10.9. The van der Waals surface area contributed by atoms with Crippen LogP contribution in [0.25, 0.3) is 0 Å². The van der Waals surface area contributed by atoms with Crippen molar-refractivity contribution in [2.24, 2.45) is 11.7 Å². The van der Waals surface area contributed by atoms with Gasteiger partial charge in [0.2, 0.25) is 0 Å². The molecule has 0 bridgehead atoms. The molecule has 3 rings (SSSR count). The summed E-state index contributed by atoms with van der Waals surface area (Å²) < 4.78 is 0. The van der Waals surface area contributed by atoms with Crippen LogP contribution in [0.3, 0.4) is 0 Å². The Kier molecular flexibility index (Phi) is 2.44. The quantitative estimate of drug-likeness (QED) is 0.865. The molecule has 0 amide bonds. The molecule has 2 aliphatic rings. The number of nitrogens with zero attached hydrogens (tertiary/aromatic N) is 1. The van der Waals surface area contributed by atoms with E-state index in [0.717, 1.165) is 5.92 Å². The van der Waals surface area contributed by atoms with Crippen LogP contribution in [0, 0.1) is 5.92 Å². The van der Waals surface area contributed by atoms with Gasteiger partial charge in [-0.15, -0.1) is 0 Å². The first kappa shape index (κ1) is 11.1. The van der Waals surface area contributed by atoms with E-state index in [1.165, 1.54) is 49.2 Å². The summed E-state index contributed by atoms with van der Waals surface area (Å²) in [5.41, 5.74) is 10.1. The van der Waals surface area contributed by atoms with Crippen LogP contribution in [-0.2, 0) is 12.0 Å². The summed E-state index contributed by atoms with van der Waals surface area (Å²) in [5.74, 6) is 0.954. The fraction of sp³-hybridized carbons (Fsp3) is 0.600. The minimum Gasteiger partial charge on any atom is -0.371 e. The van der Waals surface area contributed by atoms with E-state index in [0.29, 0.717) is 0 Å². The molecular formula is C15H22N2. The van der Waals surface area contributed by atoms with Crippen molar-refractivity contribution in [1.29, 1.82) is 0 Å². The molecular weight excluding hydrogens is 208 g/mol. The zero-order chi connectivity index (χ0) is 12.0. The van der Waals surface area contributed by atoms with Gasteiger partial charge >= 0.3 is 0 Å². The van der Waals surface area contributed by atoms with E-state index in [2.05, 4.69) is 36.9 Å². The Balaban J connectivity index is 1.89. The van der Waals surface area contributed by atoms with Gasteiger partial charge in [0.05, 0.1) is 0 Å². The molecule has 1 fully saturated rings. The monoisotopic (exact) mass is 230 g/mol. The molecule has 1 aliphatic heterocycles. The molecule has 92 valence electrons. The molecule has 2 N–H and O–H groups in total. The van der Waals surface area contributed by atoms with Gasteiger partial charge in [-0.05, 0) is 56.2 Å². The maximum atomic E-state index is 6.19. The minimum absolute atomic E-state index is 0.233. The molecule has 0 atom stereocenters. The molecule has 0 saturated heterocycles. The summed E-state index contributed by atoms with van der Waals surface area (Å²) >= 11 is 0. The molecule has 1 saturated carbocycles. The lowest BCUT2D eigenvalue weighted by molar-refractivity contribution is 0.554. The Morgan fingerprint density at radius 1 is 1.35 bits per heavy atom. The highest BCUT2D eigenvalue weighted by molar-refractivity contribution is 5.60. The SMILES string of the molecule is CC(C)(N)c1ccc2c(c1)N(CC1CC1)CC2. The molecule has 1 aromatic carbocycles. The van der Waals surface area contributed by atoms with Gasteiger partial charge in [0.25, 0.3) is 0 Å². The number of benzene rings is 1. The Labute approximate surface area is 104 Å². The van der Waals surface area contributed by atoms with Gasteiger partial charge in [0.15, 0.2) is 0 Å². The number of hydrogen-bond donors (Lipinski definition) is 1. The van der Waals surface area contributed by atoms with Gasteiger partial charge in [-0.3, -0.25) is 0 Å². The topological polar surface area (TPSA) is 29.3 Å². The Morgan fingerprint density at radius 2 is 2.12 bits per heavy atom. The summed E-state index contributed by atoms with van der Waals surface area (Å²) in [6, 6.07) is 6.77. The number of nitrogens with two attached hydrogens (primary N) is 1. The van der Waals surface area contributed by atoms with Crippen molar-refractivity contribution >= 4 is 5.69 Å². The molecule has 1 aliphatic carbocycles. The van der Waals surface area contributed by atoms with Crippen LogP contribution in [-0.4, -0.2) is 13.1 Å². The molecule has 1 heterocycles. The van der Waals surface area contributed by atoms with Crippen LogP contribution in [0.1, 0.15) is 37.8 Å².